The minimum atomic E-state index is -0.660. The summed E-state index contributed by atoms with van der Waals surface area (Å²) in [6.45, 7) is 3.96. The maximum absolute atomic E-state index is 12.7. The Balaban J connectivity index is 1.55. The van der Waals surface area contributed by atoms with Crippen LogP contribution in [0, 0.1) is 13.8 Å². The van der Waals surface area contributed by atoms with E-state index in [9.17, 15) is 9.59 Å². The zero-order valence-electron chi connectivity index (χ0n) is 13.6. The Morgan fingerprint density at radius 2 is 2.08 bits per heavy atom. The molecule has 1 atom stereocenters. The predicted molar refractivity (Wildman–Crippen MR) is 84.0 cm³/mol. The maximum atomic E-state index is 12.7. The van der Waals surface area contributed by atoms with Gasteiger partial charge in [0.1, 0.15) is 6.04 Å². The van der Waals surface area contributed by atoms with Gasteiger partial charge in [0.2, 0.25) is 5.89 Å². The van der Waals surface area contributed by atoms with Crippen molar-refractivity contribution in [3.8, 4) is 0 Å². The van der Waals surface area contributed by atoms with Gasteiger partial charge in [-0.3, -0.25) is 9.69 Å². The Kier molecular flexibility index (Phi) is 3.37. The smallest absolute Gasteiger partial charge is 0.325 e. The largest absolute Gasteiger partial charge is 0.339 e. The molecular formula is C17H18N4O3. The van der Waals surface area contributed by atoms with Gasteiger partial charge in [-0.1, -0.05) is 23.4 Å². The molecule has 2 fully saturated rings. The highest BCUT2D eigenvalue weighted by molar-refractivity contribution is 6.04. The van der Waals surface area contributed by atoms with E-state index in [1.165, 1.54) is 0 Å². The van der Waals surface area contributed by atoms with Gasteiger partial charge < -0.3 is 9.84 Å². The number of hydrogen-bond acceptors (Lipinski definition) is 5. The molecule has 1 unspecified atom stereocenters. The van der Waals surface area contributed by atoms with E-state index in [-0.39, 0.29) is 12.5 Å². The van der Waals surface area contributed by atoms with Crippen LogP contribution < -0.4 is 5.32 Å². The van der Waals surface area contributed by atoms with E-state index in [1.807, 2.05) is 32.0 Å². The van der Waals surface area contributed by atoms with Crippen molar-refractivity contribution in [1.82, 2.24) is 20.4 Å². The molecular weight excluding hydrogens is 308 g/mol. The number of hydrogen-bond donors (Lipinski definition) is 1. The van der Waals surface area contributed by atoms with Gasteiger partial charge in [0, 0.05) is 5.92 Å². The van der Waals surface area contributed by atoms with Gasteiger partial charge >= 0.3 is 6.03 Å². The number of imide groups is 1. The minimum absolute atomic E-state index is 0.0300. The number of carbonyl (C=O) groups is 2. The maximum Gasteiger partial charge on any atom is 0.325 e. The molecule has 7 heteroatoms. The lowest BCUT2D eigenvalue weighted by Crippen LogP contribution is -2.30. The van der Waals surface area contributed by atoms with Crippen molar-refractivity contribution in [2.75, 3.05) is 0 Å². The van der Waals surface area contributed by atoms with Crippen molar-refractivity contribution in [2.45, 2.75) is 45.2 Å². The highest BCUT2D eigenvalue weighted by Gasteiger charge is 2.40. The minimum Gasteiger partial charge on any atom is -0.339 e. The van der Waals surface area contributed by atoms with E-state index >= 15 is 0 Å². The fourth-order valence-corrected chi connectivity index (χ4v) is 2.94. The third-order valence-electron chi connectivity index (χ3n) is 4.69. The molecule has 24 heavy (non-hydrogen) atoms. The number of aryl methyl sites for hydroxylation is 1. The molecule has 1 aromatic heterocycles. The van der Waals surface area contributed by atoms with E-state index in [0.29, 0.717) is 17.6 Å². The first-order valence-electron chi connectivity index (χ1n) is 8.05. The molecule has 0 spiro atoms. The van der Waals surface area contributed by atoms with E-state index in [1.54, 1.807) is 0 Å². The van der Waals surface area contributed by atoms with Crippen molar-refractivity contribution in [3.63, 3.8) is 0 Å². The molecule has 1 saturated carbocycles. The quantitative estimate of drug-likeness (QED) is 0.871. The number of urea groups is 1. The van der Waals surface area contributed by atoms with Crippen molar-refractivity contribution in [1.29, 1.82) is 0 Å². The molecule has 3 amide bonds. The zero-order valence-corrected chi connectivity index (χ0v) is 13.6. The van der Waals surface area contributed by atoms with Gasteiger partial charge in [-0.15, -0.1) is 0 Å². The third kappa shape index (κ3) is 2.46. The molecule has 2 aliphatic rings. The van der Waals surface area contributed by atoms with Crippen LogP contribution in [0.3, 0.4) is 0 Å². The van der Waals surface area contributed by atoms with Crippen molar-refractivity contribution >= 4 is 11.9 Å². The molecule has 4 rings (SSSR count). The number of rotatable bonds is 4. The molecule has 1 saturated heterocycles. The molecule has 2 heterocycles. The van der Waals surface area contributed by atoms with Crippen LogP contribution in [-0.2, 0) is 11.3 Å². The van der Waals surface area contributed by atoms with Crippen molar-refractivity contribution < 1.29 is 14.1 Å². The Morgan fingerprint density at radius 3 is 2.83 bits per heavy atom. The Morgan fingerprint density at radius 1 is 1.29 bits per heavy atom. The lowest BCUT2D eigenvalue weighted by molar-refractivity contribution is -0.128. The summed E-state index contributed by atoms with van der Waals surface area (Å²) >= 11 is 0. The normalized spacial score (nSPS) is 20.6. The summed E-state index contributed by atoms with van der Waals surface area (Å²) in [5, 5.41) is 6.63. The first kappa shape index (κ1) is 14.9. The molecule has 1 aromatic carbocycles. The number of benzene rings is 1. The summed E-state index contributed by atoms with van der Waals surface area (Å²) < 4.78 is 5.18. The lowest BCUT2D eigenvalue weighted by Gasteiger charge is -2.14. The second-order valence-electron chi connectivity index (χ2n) is 6.42. The number of aromatic nitrogens is 2. The molecule has 2 aromatic rings. The molecule has 1 N–H and O–H groups in total. The zero-order chi connectivity index (χ0) is 16.8. The van der Waals surface area contributed by atoms with Gasteiger partial charge in [-0.05, 0) is 43.4 Å². The SMILES string of the molecule is Cc1cccc(C2NC(=O)N(Cc3noc(C4CC4)n3)C2=O)c1C. The summed E-state index contributed by atoms with van der Waals surface area (Å²) in [5.74, 6) is 1.02. The standard InChI is InChI=1S/C17H18N4O3/c1-9-4-3-5-12(10(9)2)14-16(22)21(17(23)19-14)8-13-18-15(24-20-13)11-6-7-11/h3-5,11,14H,6-8H2,1-2H3,(H,19,23). The Bertz CT molecular complexity index is 825. The molecule has 1 aliphatic carbocycles. The van der Waals surface area contributed by atoms with Crippen LogP contribution in [0.15, 0.2) is 22.7 Å². The van der Waals surface area contributed by atoms with Crippen LogP contribution in [0.2, 0.25) is 0 Å². The van der Waals surface area contributed by atoms with Gasteiger partial charge in [0.15, 0.2) is 5.82 Å². The number of nitrogens with one attached hydrogen (secondary N) is 1. The molecule has 7 nitrogen and oxygen atoms in total. The number of carbonyl (C=O) groups excluding carboxylic acids is 2. The lowest BCUT2D eigenvalue weighted by atomic mass is 9.97. The van der Waals surface area contributed by atoms with Crippen LogP contribution in [-0.4, -0.2) is 27.0 Å². The summed E-state index contributed by atoms with van der Waals surface area (Å²) in [7, 11) is 0. The molecule has 0 radical (unpaired) electrons. The first-order valence-corrected chi connectivity index (χ1v) is 8.05. The van der Waals surface area contributed by atoms with Gasteiger partial charge in [0.25, 0.3) is 5.91 Å². The predicted octanol–water partition coefficient (Wildman–Crippen LogP) is 2.36. The highest BCUT2D eigenvalue weighted by Crippen LogP contribution is 2.39. The Labute approximate surface area is 139 Å². The monoisotopic (exact) mass is 326 g/mol. The van der Waals surface area contributed by atoms with Crippen molar-refractivity contribution in [2.24, 2.45) is 0 Å². The molecule has 0 bridgehead atoms. The van der Waals surface area contributed by atoms with Crippen LogP contribution in [0.4, 0.5) is 4.79 Å². The number of nitrogens with zero attached hydrogens (tertiary/aromatic N) is 3. The second-order valence-corrected chi connectivity index (χ2v) is 6.42. The summed E-state index contributed by atoms with van der Waals surface area (Å²) in [5.41, 5.74) is 2.91. The highest BCUT2D eigenvalue weighted by atomic mass is 16.5. The third-order valence-corrected chi connectivity index (χ3v) is 4.69. The molecule has 124 valence electrons. The van der Waals surface area contributed by atoms with Crippen LogP contribution >= 0.6 is 0 Å². The van der Waals surface area contributed by atoms with E-state index in [0.717, 1.165) is 34.4 Å². The summed E-state index contributed by atoms with van der Waals surface area (Å²) in [6, 6.07) is 4.65. The van der Waals surface area contributed by atoms with Gasteiger partial charge in [-0.2, -0.15) is 4.98 Å². The molecule has 1 aliphatic heterocycles. The fraction of sp³-hybridized carbons (Fsp3) is 0.412. The van der Waals surface area contributed by atoms with E-state index in [2.05, 4.69) is 15.5 Å². The first-order chi connectivity index (χ1) is 11.5. The summed E-state index contributed by atoms with van der Waals surface area (Å²) in [6.07, 6.45) is 2.11. The average molecular weight is 326 g/mol. The van der Waals surface area contributed by atoms with Gasteiger partial charge in [-0.25, -0.2) is 4.79 Å². The van der Waals surface area contributed by atoms with Crippen LogP contribution in [0.1, 0.15) is 53.2 Å². The second kappa shape index (κ2) is 5.43. The van der Waals surface area contributed by atoms with E-state index in [4.69, 9.17) is 4.52 Å². The topological polar surface area (TPSA) is 88.3 Å². The Hall–Kier alpha value is -2.70. The van der Waals surface area contributed by atoms with Crippen LogP contribution in [0.25, 0.3) is 0 Å². The van der Waals surface area contributed by atoms with Gasteiger partial charge in [0.05, 0.1) is 6.54 Å². The average Bonchev–Trinajstić information content (AvgIpc) is 3.25. The van der Waals surface area contributed by atoms with Crippen molar-refractivity contribution in [3.05, 3.63) is 46.6 Å². The number of amides is 3. The fourth-order valence-electron chi connectivity index (χ4n) is 2.94. The van der Waals surface area contributed by atoms with E-state index < -0.39 is 12.1 Å². The van der Waals surface area contributed by atoms with Crippen LogP contribution in [0.5, 0.6) is 0 Å². The summed E-state index contributed by atoms with van der Waals surface area (Å²) in [4.78, 5) is 30.4.